The summed E-state index contributed by atoms with van der Waals surface area (Å²) < 4.78 is 5.70. The van der Waals surface area contributed by atoms with Gasteiger partial charge in [-0.2, -0.15) is 0 Å². The van der Waals surface area contributed by atoms with E-state index in [4.69, 9.17) is 4.74 Å². The zero-order chi connectivity index (χ0) is 22.7. The van der Waals surface area contributed by atoms with Crippen molar-refractivity contribution in [3.05, 3.63) is 52.6 Å². The Morgan fingerprint density at radius 3 is 2.35 bits per heavy atom. The summed E-state index contributed by atoms with van der Waals surface area (Å²) in [6.07, 6.45) is 0.763. The van der Waals surface area contributed by atoms with E-state index in [9.17, 15) is 19.8 Å². The molecule has 1 aliphatic heterocycles. The zero-order valence-corrected chi connectivity index (χ0v) is 18.4. The minimum atomic E-state index is -0.406. The van der Waals surface area contributed by atoms with Gasteiger partial charge < -0.3 is 24.7 Å². The van der Waals surface area contributed by atoms with Crippen LogP contribution in [0, 0.1) is 0 Å². The molecule has 2 amide bonds. The first-order chi connectivity index (χ1) is 14.7. The molecule has 0 spiro atoms. The van der Waals surface area contributed by atoms with Gasteiger partial charge in [-0.1, -0.05) is 13.0 Å². The lowest BCUT2D eigenvalue weighted by Gasteiger charge is -2.20. The molecule has 0 saturated carbocycles. The number of hydrogen-bond acceptors (Lipinski definition) is 6. The Balaban J connectivity index is 1.81. The van der Waals surface area contributed by atoms with Crippen LogP contribution >= 0.6 is 0 Å². The van der Waals surface area contributed by atoms with E-state index < -0.39 is 11.8 Å². The molecule has 8 nitrogen and oxygen atoms in total. The molecule has 8 heteroatoms. The number of carbonyl (C=O) groups is 2. The highest BCUT2D eigenvalue weighted by Gasteiger charge is 2.28. The second-order valence-corrected chi connectivity index (χ2v) is 8.06. The van der Waals surface area contributed by atoms with Gasteiger partial charge in [0.2, 0.25) is 0 Å². The third-order valence-corrected chi connectivity index (χ3v) is 5.16. The lowest BCUT2D eigenvalue weighted by atomic mass is 10.1. The summed E-state index contributed by atoms with van der Waals surface area (Å²) in [5.74, 6) is -0.795. The molecule has 0 bridgehead atoms. The highest BCUT2D eigenvalue weighted by Crippen LogP contribution is 2.33. The third-order valence-electron chi connectivity index (χ3n) is 5.16. The second-order valence-electron chi connectivity index (χ2n) is 8.06. The van der Waals surface area contributed by atoms with Crippen LogP contribution < -0.4 is 4.74 Å². The van der Waals surface area contributed by atoms with Crippen molar-refractivity contribution in [2.75, 3.05) is 34.4 Å². The lowest BCUT2D eigenvalue weighted by molar-refractivity contribution is 0.0748. The maximum absolute atomic E-state index is 13.1. The molecule has 166 valence electrons. The van der Waals surface area contributed by atoms with Crippen LogP contribution in [0.1, 0.15) is 45.2 Å². The molecule has 2 aromatic rings. The topological polar surface area (TPSA) is 93.6 Å². The smallest absolute Gasteiger partial charge is 0.258 e. The van der Waals surface area contributed by atoms with Crippen LogP contribution in [0.5, 0.6) is 17.2 Å². The average molecular weight is 428 g/mol. The summed E-state index contributed by atoms with van der Waals surface area (Å²) >= 11 is 0. The standard InChI is InChI=1S/C23H29N3O5/c1-5-8-25(4)22(29)18-10-19(21(28)11-20(18)27)23(30)26-12-15-6-7-17(9-16(15)13-26)31-14-24(2)3/h6-7,9-11,27-28H,5,8,12-14H2,1-4H3. The SMILES string of the molecule is CCCN(C)C(=O)c1cc(C(=O)N2Cc3ccc(OCN(C)C)cc3C2)c(O)cc1O. The number of amides is 2. The fourth-order valence-electron chi connectivity index (χ4n) is 3.54. The molecule has 0 aromatic heterocycles. The average Bonchev–Trinajstić information content (AvgIpc) is 3.15. The van der Waals surface area contributed by atoms with Gasteiger partial charge in [0.25, 0.3) is 11.8 Å². The molecule has 2 N–H and O–H groups in total. The first-order valence-corrected chi connectivity index (χ1v) is 10.2. The normalized spacial score (nSPS) is 12.7. The van der Waals surface area contributed by atoms with E-state index in [2.05, 4.69) is 0 Å². The van der Waals surface area contributed by atoms with Crippen molar-refractivity contribution < 1.29 is 24.5 Å². The number of ether oxygens (including phenoxy) is 1. The van der Waals surface area contributed by atoms with E-state index in [1.807, 2.05) is 44.1 Å². The lowest BCUT2D eigenvalue weighted by Crippen LogP contribution is -2.29. The van der Waals surface area contributed by atoms with Crippen LogP contribution in [0.15, 0.2) is 30.3 Å². The molecule has 3 rings (SSSR count). The number of benzene rings is 2. The molecule has 0 aliphatic carbocycles. The van der Waals surface area contributed by atoms with Crippen molar-refractivity contribution >= 4 is 11.8 Å². The van der Waals surface area contributed by atoms with E-state index in [1.54, 1.807) is 11.9 Å². The van der Waals surface area contributed by atoms with Crippen LogP contribution in [-0.4, -0.2) is 71.1 Å². The minimum absolute atomic E-state index is 0.00631. The summed E-state index contributed by atoms with van der Waals surface area (Å²) in [5, 5.41) is 20.5. The van der Waals surface area contributed by atoms with Crippen LogP contribution in [0.4, 0.5) is 0 Å². The van der Waals surface area contributed by atoms with Crippen LogP contribution in [0.25, 0.3) is 0 Å². The predicted molar refractivity (Wildman–Crippen MR) is 116 cm³/mol. The molecule has 0 atom stereocenters. The van der Waals surface area contributed by atoms with Gasteiger partial charge in [-0.15, -0.1) is 0 Å². The van der Waals surface area contributed by atoms with E-state index in [0.717, 1.165) is 29.4 Å². The summed E-state index contributed by atoms with van der Waals surface area (Å²) in [5.41, 5.74) is 1.96. The Hall–Kier alpha value is -3.26. The largest absolute Gasteiger partial charge is 0.507 e. The number of phenolic OH excluding ortho intramolecular Hbond substituents is 2. The maximum Gasteiger partial charge on any atom is 0.258 e. The minimum Gasteiger partial charge on any atom is -0.507 e. The molecule has 0 radical (unpaired) electrons. The molecular formula is C23H29N3O5. The van der Waals surface area contributed by atoms with Crippen molar-refractivity contribution in [3.63, 3.8) is 0 Å². The maximum atomic E-state index is 13.1. The zero-order valence-electron chi connectivity index (χ0n) is 18.4. The molecule has 1 aliphatic rings. The molecule has 31 heavy (non-hydrogen) atoms. The summed E-state index contributed by atoms with van der Waals surface area (Å²) in [6, 6.07) is 8.04. The molecule has 0 saturated heterocycles. The van der Waals surface area contributed by atoms with Gasteiger partial charge in [-0.25, -0.2) is 0 Å². The van der Waals surface area contributed by atoms with E-state index >= 15 is 0 Å². The van der Waals surface area contributed by atoms with Crippen molar-refractivity contribution in [1.29, 1.82) is 0 Å². The monoisotopic (exact) mass is 427 g/mol. The molecule has 2 aromatic carbocycles. The Bertz CT molecular complexity index is 989. The van der Waals surface area contributed by atoms with Gasteiger partial charge in [0.15, 0.2) is 0 Å². The van der Waals surface area contributed by atoms with E-state index in [-0.39, 0.29) is 22.6 Å². The Kier molecular flexibility index (Phi) is 6.70. The van der Waals surface area contributed by atoms with Gasteiger partial charge in [-0.05, 0) is 49.8 Å². The summed E-state index contributed by atoms with van der Waals surface area (Å²) in [4.78, 5) is 30.7. The quantitative estimate of drug-likeness (QED) is 0.660. The van der Waals surface area contributed by atoms with Gasteiger partial charge in [0.05, 0.1) is 11.1 Å². The molecule has 1 heterocycles. The highest BCUT2D eigenvalue weighted by molar-refractivity contribution is 6.03. The van der Waals surface area contributed by atoms with Gasteiger partial charge in [-0.3, -0.25) is 14.5 Å². The van der Waals surface area contributed by atoms with E-state index in [1.165, 1.54) is 11.0 Å². The van der Waals surface area contributed by atoms with Crippen LogP contribution in [0.3, 0.4) is 0 Å². The predicted octanol–water partition coefficient (Wildman–Crippen LogP) is 2.63. The highest BCUT2D eigenvalue weighted by atomic mass is 16.5. The summed E-state index contributed by atoms with van der Waals surface area (Å²) in [7, 11) is 5.46. The van der Waals surface area contributed by atoms with Gasteiger partial charge in [0, 0.05) is 32.7 Å². The Morgan fingerprint density at radius 1 is 1.00 bits per heavy atom. The number of phenols is 2. The first kappa shape index (κ1) is 22.4. The van der Waals surface area contributed by atoms with Crippen molar-refractivity contribution in [2.24, 2.45) is 0 Å². The fraction of sp³-hybridized carbons (Fsp3) is 0.391. The third kappa shape index (κ3) is 4.91. The van der Waals surface area contributed by atoms with Gasteiger partial charge in [0.1, 0.15) is 24.0 Å². The molecule has 0 fully saturated rings. The van der Waals surface area contributed by atoms with E-state index in [0.29, 0.717) is 26.4 Å². The van der Waals surface area contributed by atoms with Crippen molar-refractivity contribution in [1.82, 2.24) is 14.7 Å². The second kappa shape index (κ2) is 9.26. The number of carbonyl (C=O) groups excluding carboxylic acids is 2. The van der Waals surface area contributed by atoms with Crippen molar-refractivity contribution in [2.45, 2.75) is 26.4 Å². The molecular weight excluding hydrogens is 398 g/mol. The van der Waals surface area contributed by atoms with Gasteiger partial charge >= 0.3 is 0 Å². The Labute approximate surface area is 182 Å². The Morgan fingerprint density at radius 2 is 1.68 bits per heavy atom. The number of fused-ring (bicyclic) bond motifs is 1. The number of hydrogen-bond donors (Lipinski definition) is 2. The number of nitrogens with zero attached hydrogens (tertiary/aromatic N) is 3. The van der Waals surface area contributed by atoms with Crippen LogP contribution in [-0.2, 0) is 13.1 Å². The number of aromatic hydroxyl groups is 2. The summed E-state index contributed by atoms with van der Waals surface area (Å²) in [6.45, 7) is 3.67. The fourth-order valence-corrected chi connectivity index (χ4v) is 3.54. The molecule has 0 unspecified atom stereocenters. The van der Waals surface area contributed by atoms with Crippen molar-refractivity contribution in [3.8, 4) is 17.2 Å². The number of rotatable bonds is 7. The first-order valence-electron chi connectivity index (χ1n) is 10.2. The van der Waals surface area contributed by atoms with Crippen LogP contribution in [0.2, 0.25) is 0 Å².